The van der Waals surface area contributed by atoms with Crippen LogP contribution in [0.2, 0.25) is 0 Å². The number of hydrogen-bond donors (Lipinski definition) is 1. The van der Waals surface area contributed by atoms with Gasteiger partial charge in [-0.25, -0.2) is 0 Å². The molecule has 0 radical (unpaired) electrons. The zero-order valence-electron chi connectivity index (χ0n) is 13.2. The Kier molecular flexibility index (Phi) is 5.06. The van der Waals surface area contributed by atoms with Gasteiger partial charge in [0.15, 0.2) is 0 Å². The summed E-state index contributed by atoms with van der Waals surface area (Å²) in [6, 6.07) is 7.38. The monoisotopic (exact) mass is 276 g/mol. The summed E-state index contributed by atoms with van der Waals surface area (Å²) in [5, 5.41) is 0. The first-order valence-electron chi connectivity index (χ1n) is 7.67. The van der Waals surface area contributed by atoms with E-state index in [1.54, 1.807) is 7.11 Å². The van der Waals surface area contributed by atoms with Crippen LogP contribution in [0, 0.1) is 12.8 Å². The molecule has 0 aromatic heterocycles. The highest BCUT2D eigenvalue weighted by Crippen LogP contribution is 2.32. The van der Waals surface area contributed by atoms with E-state index in [0.717, 1.165) is 18.2 Å². The molecular formula is C17H28N2O. The largest absolute Gasteiger partial charge is 0.496 e. The summed E-state index contributed by atoms with van der Waals surface area (Å²) in [7, 11) is 1.72. The molecule has 0 bridgehead atoms. The van der Waals surface area contributed by atoms with Crippen molar-refractivity contribution in [3.8, 4) is 5.75 Å². The van der Waals surface area contributed by atoms with Crippen LogP contribution in [-0.4, -0.2) is 31.1 Å². The van der Waals surface area contributed by atoms with Crippen LogP contribution in [0.3, 0.4) is 0 Å². The van der Waals surface area contributed by atoms with Crippen LogP contribution in [0.1, 0.15) is 43.9 Å². The molecule has 1 saturated heterocycles. The molecule has 112 valence electrons. The third-order valence-electron chi connectivity index (χ3n) is 4.59. The van der Waals surface area contributed by atoms with Gasteiger partial charge in [0.1, 0.15) is 5.75 Å². The van der Waals surface area contributed by atoms with Crippen molar-refractivity contribution in [1.29, 1.82) is 0 Å². The van der Waals surface area contributed by atoms with E-state index in [0.29, 0.717) is 18.6 Å². The second kappa shape index (κ2) is 6.59. The molecule has 3 atom stereocenters. The number of ether oxygens (including phenoxy) is 1. The minimum Gasteiger partial charge on any atom is -0.496 e. The molecule has 1 aliphatic heterocycles. The van der Waals surface area contributed by atoms with Crippen LogP contribution in [0.25, 0.3) is 0 Å². The number of hydrogen-bond acceptors (Lipinski definition) is 3. The van der Waals surface area contributed by atoms with Gasteiger partial charge in [-0.15, -0.1) is 0 Å². The summed E-state index contributed by atoms with van der Waals surface area (Å²) in [4.78, 5) is 2.58. The van der Waals surface area contributed by atoms with Crippen molar-refractivity contribution in [2.75, 3.05) is 20.2 Å². The molecule has 0 saturated carbocycles. The highest BCUT2D eigenvalue weighted by atomic mass is 16.5. The Morgan fingerprint density at radius 3 is 2.70 bits per heavy atom. The lowest BCUT2D eigenvalue weighted by Crippen LogP contribution is -2.45. The van der Waals surface area contributed by atoms with E-state index in [9.17, 15) is 0 Å². The summed E-state index contributed by atoms with van der Waals surface area (Å²) in [5.74, 6) is 1.71. The van der Waals surface area contributed by atoms with Crippen LogP contribution in [0.5, 0.6) is 5.75 Å². The first kappa shape index (κ1) is 15.3. The molecule has 1 aliphatic rings. The lowest BCUT2D eigenvalue weighted by atomic mass is 9.91. The Bertz CT molecular complexity index is 447. The van der Waals surface area contributed by atoms with E-state index in [1.165, 1.54) is 24.0 Å². The standard InChI is InChI=1S/C17H28N2O/c1-12-5-6-14(3)19(11-12)16(10-18)15-7-8-17(20-4)13(2)9-15/h7-9,12,14,16H,5-6,10-11,18H2,1-4H3. The summed E-state index contributed by atoms with van der Waals surface area (Å²) in [6.07, 6.45) is 2.60. The van der Waals surface area contributed by atoms with Gasteiger partial charge >= 0.3 is 0 Å². The van der Waals surface area contributed by atoms with E-state index in [-0.39, 0.29) is 0 Å². The predicted molar refractivity (Wildman–Crippen MR) is 84.1 cm³/mol. The maximum atomic E-state index is 6.09. The molecule has 1 aromatic rings. The average Bonchev–Trinajstić information content (AvgIpc) is 2.44. The van der Waals surface area contributed by atoms with Crippen LogP contribution in [0.15, 0.2) is 18.2 Å². The maximum absolute atomic E-state index is 6.09. The molecule has 1 aromatic carbocycles. The number of piperidine rings is 1. The molecule has 0 spiro atoms. The van der Waals surface area contributed by atoms with Gasteiger partial charge in [-0.05, 0) is 49.8 Å². The zero-order chi connectivity index (χ0) is 14.7. The summed E-state index contributed by atoms with van der Waals surface area (Å²) < 4.78 is 5.35. The summed E-state index contributed by atoms with van der Waals surface area (Å²) in [5.41, 5.74) is 8.58. The predicted octanol–water partition coefficient (Wildman–Crippen LogP) is 3.12. The molecule has 3 nitrogen and oxygen atoms in total. The van der Waals surface area contributed by atoms with Gasteiger partial charge in [-0.3, -0.25) is 4.90 Å². The Balaban J connectivity index is 2.24. The molecule has 3 unspecified atom stereocenters. The van der Waals surface area contributed by atoms with E-state index in [2.05, 4.69) is 43.9 Å². The molecule has 2 N–H and O–H groups in total. The van der Waals surface area contributed by atoms with E-state index < -0.39 is 0 Å². The molecule has 1 fully saturated rings. The SMILES string of the molecule is COc1ccc(C(CN)N2CC(C)CCC2C)cc1C. The smallest absolute Gasteiger partial charge is 0.121 e. The molecule has 0 amide bonds. The number of nitrogens with two attached hydrogens (primary N) is 1. The van der Waals surface area contributed by atoms with Gasteiger partial charge in [0.2, 0.25) is 0 Å². The Morgan fingerprint density at radius 1 is 1.35 bits per heavy atom. The Hall–Kier alpha value is -1.06. The number of rotatable bonds is 4. The van der Waals surface area contributed by atoms with Crippen LogP contribution in [-0.2, 0) is 0 Å². The molecule has 3 heteroatoms. The van der Waals surface area contributed by atoms with Crippen LogP contribution >= 0.6 is 0 Å². The Labute approximate surface area is 123 Å². The van der Waals surface area contributed by atoms with Gasteiger partial charge in [0.25, 0.3) is 0 Å². The van der Waals surface area contributed by atoms with E-state index >= 15 is 0 Å². The fraction of sp³-hybridized carbons (Fsp3) is 0.647. The maximum Gasteiger partial charge on any atom is 0.121 e. The van der Waals surface area contributed by atoms with Gasteiger partial charge < -0.3 is 10.5 Å². The fourth-order valence-electron chi connectivity index (χ4n) is 3.33. The minimum absolute atomic E-state index is 0.317. The van der Waals surface area contributed by atoms with Gasteiger partial charge in [0, 0.05) is 25.2 Å². The van der Waals surface area contributed by atoms with Crippen molar-refractivity contribution in [3.05, 3.63) is 29.3 Å². The first-order valence-corrected chi connectivity index (χ1v) is 7.67. The summed E-state index contributed by atoms with van der Waals surface area (Å²) >= 11 is 0. The lowest BCUT2D eigenvalue weighted by Gasteiger charge is -2.42. The normalized spacial score (nSPS) is 25.4. The number of nitrogens with zero attached hydrogens (tertiary/aromatic N) is 1. The lowest BCUT2D eigenvalue weighted by molar-refractivity contribution is 0.0798. The Morgan fingerprint density at radius 2 is 2.10 bits per heavy atom. The van der Waals surface area contributed by atoms with Gasteiger partial charge in [-0.2, -0.15) is 0 Å². The number of likely N-dealkylation sites (tertiary alicyclic amines) is 1. The average molecular weight is 276 g/mol. The number of benzene rings is 1. The highest BCUT2D eigenvalue weighted by Gasteiger charge is 2.29. The van der Waals surface area contributed by atoms with Gasteiger partial charge in [-0.1, -0.05) is 19.1 Å². The zero-order valence-corrected chi connectivity index (χ0v) is 13.2. The van der Waals surface area contributed by atoms with Crippen LogP contribution < -0.4 is 10.5 Å². The third-order valence-corrected chi connectivity index (χ3v) is 4.59. The van der Waals surface area contributed by atoms with Crippen LogP contribution in [0.4, 0.5) is 0 Å². The molecule has 0 aliphatic carbocycles. The first-order chi connectivity index (χ1) is 9.56. The van der Waals surface area contributed by atoms with E-state index in [4.69, 9.17) is 10.5 Å². The molecule has 2 rings (SSSR count). The minimum atomic E-state index is 0.317. The number of aryl methyl sites for hydroxylation is 1. The summed E-state index contributed by atoms with van der Waals surface area (Å²) in [6.45, 7) is 8.58. The van der Waals surface area contributed by atoms with Crippen molar-refractivity contribution >= 4 is 0 Å². The molecule has 1 heterocycles. The van der Waals surface area contributed by atoms with Crippen molar-refractivity contribution in [3.63, 3.8) is 0 Å². The van der Waals surface area contributed by atoms with Crippen molar-refractivity contribution in [2.24, 2.45) is 11.7 Å². The van der Waals surface area contributed by atoms with Crippen molar-refractivity contribution in [2.45, 2.75) is 45.7 Å². The van der Waals surface area contributed by atoms with Gasteiger partial charge in [0.05, 0.1) is 7.11 Å². The quantitative estimate of drug-likeness (QED) is 0.918. The van der Waals surface area contributed by atoms with E-state index in [1.807, 2.05) is 0 Å². The fourth-order valence-corrected chi connectivity index (χ4v) is 3.33. The second-order valence-electron chi connectivity index (χ2n) is 6.21. The topological polar surface area (TPSA) is 38.5 Å². The number of methoxy groups -OCH3 is 1. The van der Waals surface area contributed by atoms with Crippen molar-refractivity contribution < 1.29 is 4.74 Å². The highest BCUT2D eigenvalue weighted by molar-refractivity contribution is 5.37. The second-order valence-corrected chi connectivity index (χ2v) is 6.21. The molecule has 20 heavy (non-hydrogen) atoms. The third kappa shape index (κ3) is 3.15. The molecular weight excluding hydrogens is 248 g/mol. The van der Waals surface area contributed by atoms with Crippen molar-refractivity contribution in [1.82, 2.24) is 4.90 Å².